The molecule has 0 radical (unpaired) electrons. The molecule has 3 aromatic rings. The predicted octanol–water partition coefficient (Wildman–Crippen LogP) is 1.32. The highest BCUT2D eigenvalue weighted by Gasteiger charge is 2.27. The van der Waals surface area contributed by atoms with Crippen molar-refractivity contribution in [1.29, 1.82) is 5.26 Å². The van der Waals surface area contributed by atoms with E-state index < -0.39 is 0 Å². The number of carbonyl (C=O) groups excluding carboxylic acids is 1. The molecule has 0 saturated carbocycles. The molecular weight excluding hydrogens is 330 g/mol. The van der Waals surface area contributed by atoms with Gasteiger partial charge in [0.1, 0.15) is 18.5 Å². The van der Waals surface area contributed by atoms with Crippen molar-refractivity contribution in [1.82, 2.24) is 29.2 Å². The molecule has 4 rings (SSSR count). The second-order valence-electron chi connectivity index (χ2n) is 6.36. The Balaban J connectivity index is 1.61. The molecule has 130 valence electrons. The number of amides is 1. The van der Waals surface area contributed by atoms with Gasteiger partial charge in [-0.2, -0.15) is 10.4 Å². The smallest absolute Gasteiger partial charge is 0.254 e. The highest BCUT2D eigenvalue weighted by atomic mass is 16.2. The van der Waals surface area contributed by atoms with E-state index in [2.05, 4.69) is 25.7 Å². The van der Waals surface area contributed by atoms with Gasteiger partial charge in [-0.1, -0.05) is 6.07 Å². The number of aromatic nitrogens is 5. The van der Waals surface area contributed by atoms with E-state index in [0.29, 0.717) is 30.8 Å². The summed E-state index contributed by atoms with van der Waals surface area (Å²) >= 11 is 0. The number of carbonyl (C=O) groups is 1. The summed E-state index contributed by atoms with van der Waals surface area (Å²) in [5.41, 5.74) is 0.995. The van der Waals surface area contributed by atoms with E-state index >= 15 is 0 Å². The van der Waals surface area contributed by atoms with Crippen molar-refractivity contribution in [3.05, 3.63) is 66.3 Å². The largest absolute Gasteiger partial charge is 0.333 e. The Kier molecular flexibility index (Phi) is 4.19. The Morgan fingerprint density at radius 3 is 3.08 bits per heavy atom. The summed E-state index contributed by atoms with van der Waals surface area (Å²) in [6.07, 6.45) is 6.89. The monoisotopic (exact) mass is 347 g/mol. The SMILES string of the molecule is N#Cc1cccc(C(=O)N2Cc3nccn3C[C@H](Cn3cncn3)C2)c1. The second-order valence-corrected chi connectivity index (χ2v) is 6.36. The van der Waals surface area contributed by atoms with Crippen molar-refractivity contribution in [3.8, 4) is 6.07 Å². The number of hydrogen-bond donors (Lipinski definition) is 0. The first-order valence-corrected chi connectivity index (χ1v) is 8.35. The lowest BCUT2D eigenvalue weighted by atomic mass is 10.1. The summed E-state index contributed by atoms with van der Waals surface area (Å²) in [5.74, 6) is 0.938. The maximum absolute atomic E-state index is 13.0. The number of fused-ring (bicyclic) bond motifs is 1. The summed E-state index contributed by atoms with van der Waals surface area (Å²) in [5, 5.41) is 13.3. The topological polar surface area (TPSA) is 92.6 Å². The van der Waals surface area contributed by atoms with Crippen LogP contribution >= 0.6 is 0 Å². The summed E-state index contributed by atoms with van der Waals surface area (Å²) in [6, 6.07) is 8.88. The molecule has 2 aromatic heterocycles. The van der Waals surface area contributed by atoms with Crippen LogP contribution in [-0.4, -0.2) is 41.7 Å². The minimum absolute atomic E-state index is 0.0952. The molecule has 8 nitrogen and oxygen atoms in total. The number of nitrogens with zero attached hydrogens (tertiary/aromatic N) is 7. The molecule has 3 heterocycles. The van der Waals surface area contributed by atoms with Crippen LogP contribution in [-0.2, 0) is 19.6 Å². The molecule has 0 saturated heterocycles. The van der Waals surface area contributed by atoms with E-state index in [4.69, 9.17) is 5.26 Å². The fourth-order valence-corrected chi connectivity index (χ4v) is 3.31. The predicted molar refractivity (Wildman–Crippen MR) is 91.6 cm³/mol. The zero-order valence-corrected chi connectivity index (χ0v) is 14.1. The Labute approximate surface area is 150 Å². The van der Waals surface area contributed by atoms with Crippen LogP contribution in [0.3, 0.4) is 0 Å². The lowest BCUT2D eigenvalue weighted by molar-refractivity contribution is 0.0712. The highest BCUT2D eigenvalue weighted by molar-refractivity contribution is 5.94. The number of imidazole rings is 1. The molecule has 0 fully saturated rings. The molecule has 8 heteroatoms. The third kappa shape index (κ3) is 3.19. The number of benzene rings is 1. The van der Waals surface area contributed by atoms with Crippen LogP contribution in [0.5, 0.6) is 0 Å². The fraction of sp³-hybridized carbons (Fsp3) is 0.278. The lowest BCUT2D eigenvalue weighted by Gasteiger charge is -2.24. The van der Waals surface area contributed by atoms with E-state index in [1.807, 2.05) is 6.20 Å². The van der Waals surface area contributed by atoms with Crippen molar-refractivity contribution >= 4 is 5.91 Å². The minimum Gasteiger partial charge on any atom is -0.333 e. The van der Waals surface area contributed by atoms with Crippen LogP contribution < -0.4 is 0 Å². The standard InChI is InChI=1S/C18H17N7O/c19-7-14-2-1-3-16(6-14)18(26)24-9-15(10-25-13-20-12-22-25)8-23-5-4-21-17(23)11-24/h1-6,12-13,15H,8-11H2/t15-/m0/s1. The molecule has 1 amide bonds. The third-order valence-electron chi connectivity index (χ3n) is 4.51. The van der Waals surface area contributed by atoms with Crippen molar-refractivity contribution in [2.24, 2.45) is 5.92 Å². The van der Waals surface area contributed by atoms with Gasteiger partial charge >= 0.3 is 0 Å². The number of rotatable bonds is 3. The van der Waals surface area contributed by atoms with Crippen LogP contribution in [0.2, 0.25) is 0 Å². The van der Waals surface area contributed by atoms with Gasteiger partial charge in [-0.05, 0) is 18.2 Å². The van der Waals surface area contributed by atoms with Crippen LogP contribution in [0.15, 0.2) is 49.3 Å². The first-order chi connectivity index (χ1) is 12.7. The van der Waals surface area contributed by atoms with Crippen LogP contribution in [0, 0.1) is 17.2 Å². The van der Waals surface area contributed by atoms with Crippen LogP contribution in [0.4, 0.5) is 0 Å². The zero-order valence-electron chi connectivity index (χ0n) is 14.1. The first kappa shape index (κ1) is 16.0. The van der Waals surface area contributed by atoms with Gasteiger partial charge < -0.3 is 9.47 Å². The minimum atomic E-state index is -0.0952. The average molecular weight is 347 g/mol. The van der Waals surface area contributed by atoms with Crippen LogP contribution in [0.1, 0.15) is 21.7 Å². The molecule has 1 aliphatic rings. The summed E-state index contributed by atoms with van der Waals surface area (Å²) in [7, 11) is 0. The molecule has 0 unspecified atom stereocenters. The number of nitriles is 1. The van der Waals surface area contributed by atoms with E-state index in [1.54, 1.807) is 46.4 Å². The summed E-state index contributed by atoms with van der Waals surface area (Å²) in [6.45, 7) is 2.45. The molecule has 26 heavy (non-hydrogen) atoms. The van der Waals surface area contributed by atoms with Crippen LogP contribution in [0.25, 0.3) is 0 Å². The maximum atomic E-state index is 13.0. The van der Waals surface area contributed by atoms with Gasteiger partial charge in [0.05, 0.1) is 18.2 Å². The average Bonchev–Trinajstić information content (AvgIpc) is 3.30. The van der Waals surface area contributed by atoms with Crippen molar-refractivity contribution in [2.75, 3.05) is 6.54 Å². The van der Waals surface area contributed by atoms with Gasteiger partial charge in [-0.3, -0.25) is 9.48 Å². The van der Waals surface area contributed by atoms with E-state index in [1.165, 1.54) is 6.33 Å². The third-order valence-corrected chi connectivity index (χ3v) is 4.51. The molecule has 0 bridgehead atoms. The normalized spacial score (nSPS) is 16.6. The van der Waals surface area contributed by atoms with E-state index in [9.17, 15) is 4.79 Å². The second kappa shape index (κ2) is 6.80. The number of hydrogen-bond acceptors (Lipinski definition) is 5. The Hall–Kier alpha value is -3.47. The molecule has 1 atom stereocenters. The van der Waals surface area contributed by atoms with Crippen molar-refractivity contribution in [3.63, 3.8) is 0 Å². The zero-order chi connectivity index (χ0) is 17.9. The van der Waals surface area contributed by atoms with Gasteiger partial charge in [0.15, 0.2) is 0 Å². The van der Waals surface area contributed by atoms with Crippen molar-refractivity contribution < 1.29 is 4.79 Å². The molecule has 1 aliphatic heterocycles. The molecule has 0 aliphatic carbocycles. The Morgan fingerprint density at radius 1 is 1.35 bits per heavy atom. The molecule has 1 aromatic carbocycles. The van der Waals surface area contributed by atoms with E-state index in [-0.39, 0.29) is 11.8 Å². The Morgan fingerprint density at radius 2 is 2.27 bits per heavy atom. The lowest BCUT2D eigenvalue weighted by Crippen LogP contribution is -2.35. The van der Waals surface area contributed by atoms with Gasteiger partial charge in [-0.15, -0.1) is 0 Å². The maximum Gasteiger partial charge on any atom is 0.254 e. The fourth-order valence-electron chi connectivity index (χ4n) is 3.31. The highest BCUT2D eigenvalue weighted by Crippen LogP contribution is 2.19. The molecule has 0 N–H and O–H groups in total. The first-order valence-electron chi connectivity index (χ1n) is 8.35. The van der Waals surface area contributed by atoms with Gasteiger partial charge in [0, 0.05) is 43.5 Å². The van der Waals surface area contributed by atoms with Gasteiger partial charge in [0.25, 0.3) is 5.91 Å². The van der Waals surface area contributed by atoms with Gasteiger partial charge in [-0.25, -0.2) is 9.97 Å². The van der Waals surface area contributed by atoms with E-state index in [0.717, 1.165) is 12.4 Å². The Bertz CT molecular complexity index is 954. The molecule has 0 spiro atoms. The van der Waals surface area contributed by atoms with Gasteiger partial charge in [0.2, 0.25) is 0 Å². The molecular formula is C18H17N7O. The quantitative estimate of drug-likeness (QED) is 0.712. The summed E-state index contributed by atoms with van der Waals surface area (Å²) in [4.78, 5) is 23.2. The summed E-state index contributed by atoms with van der Waals surface area (Å²) < 4.78 is 3.87. The van der Waals surface area contributed by atoms with Crippen molar-refractivity contribution in [2.45, 2.75) is 19.6 Å².